The van der Waals surface area contributed by atoms with Gasteiger partial charge in [0, 0.05) is 0 Å². The van der Waals surface area contributed by atoms with Crippen molar-refractivity contribution < 1.29 is 14.6 Å². The lowest BCUT2D eigenvalue weighted by Gasteiger charge is -2.05. The number of aliphatic hydroxyl groups excluding tert-OH is 1. The minimum atomic E-state index is -0.444. The highest BCUT2D eigenvalue weighted by Gasteiger charge is 2.10. The smallest absolute Gasteiger partial charge is 0.338 e. The second-order valence-corrected chi connectivity index (χ2v) is 2.71. The van der Waals surface area contributed by atoms with Crippen LogP contribution in [0.1, 0.15) is 21.5 Å². The molecule has 0 atom stereocenters. The topological polar surface area (TPSA) is 46.5 Å². The molecule has 1 aromatic rings. The molecule has 13 heavy (non-hydrogen) atoms. The van der Waals surface area contributed by atoms with Crippen LogP contribution in [0.4, 0.5) is 0 Å². The summed E-state index contributed by atoms with van der Waals surface area (Å²) in [5.74, 6) is -0.444. The predicted molar refractivity (Wildman–Crippen MR) is 47.9 cm³/mol. The van der Waals surface area contributed by atoms with Gasteiger partial charge < -0.3 is 9.84 Å². The maximum Gasteiger partial charge on any atom is 0.338 e. The molecular formula is C10H11O3. The third kappa shape index (κ3) is 2.06. The number of aryl methyl sites for hydroxylation is 1. The summed E-state index contributed by atoms with van der Waals surface area (Å²) < 4.78 is 4.55. The fourth-order valence-corrected chi connectivity index (χ4v) is 1.08. The van der Waals surface area contributed by atoms with Gasteiger partial charge in [0.05, 0.1) is 12.7 Å². The first-order valence-corrected chi connectivity index (χ1v) is 3.85. The Hall–Kier alpha value is -1.35. The highest BCUT2D eigenvalue weighted by Crippen LogP contribution is 2.13. The van der Waals surface area contributed by atoms with Crippen molar-refractivity contribution in [2.45, 2.75) is 6.92 Å². The van der Waals surface area contributed by atoms with Crippen LogP contribution in [0.2, 0.25) is 0 Å². The van der Waals surface area contributed by atoms with E-state index in [0.717, 1.165) is 12.2 Å². The molecule has 3 nitrogen and oxygen atoms in total. The zero-order valence-electron chi connectivity index (χ0n) is 7.57. The van der Waals surface area contributed by atoms with Gasteiger partial charge in [0.15, 0.2) is 0 Å². The van der Waals surface area contributed by atoms with E-state index < -0.39 is 5.97 Å². The summed E-state index contributed by atoms with van der Waals surface area (Å²) in [7, 11) is 1.31. The summed E-state index contributed by atoms with van der Waals surface area (Å²) in [6, 6.07) is 5.13. The van der Waals surface area contributed by atoms with Crippen molar-refractivity contribution in [3.63, 3.8) is 0 Å². The van der Waals surface area contributed by atoms with Crippen LogP contribution in [0.3, 0.4) is 0 Å². The molecule has 1 radical (unpaired) electrons. The van der Waals surface area contributed by atoms with Crippen LogP contribution < -0.4 is 0 Å². The minimum Gasteiger partial charge on any atom is -0.465 e. The van der Waals surface area contributed by atoms with Crippen molar-refractivity contribution >= 4 is 5.97 Å². The predicted octanol–water partition coefficient (Wildman–Crippen LogP) is 1.66. The van der Waals surface area contributed by atoms with Crippen molar-refractivity contribution in [3.8, 4) is 0 Å². The molecular weight excluding hydrogens is 168 g/mol. The first-order chi connectivity index (χ1) is 6.19. The van der Waals surface area contributed by atoms with Crippen LogP contribution in [-0.2, 0) is 4.74 Å². The number of carbonyl (C=O) groups is 1. The molecule has 0 heterocycles. The van der Waals surface area contributed by atoms with Crippen LogP contribution in [0.25, 0.3) is 0 Å². The summed E-state index contributed by atoms with van der Waals surface area (Å²) in [6.45, 7) is 2.79. The maximum absolute atomic E-state index is 11.2. The van der Waals surface area contributed by atoms with Crippen molar-refractivity contribution in [1.29, 1.82) is 0 Å². The number of hydrogen-bond acceptors (Lipinski definition) is 3. The Balaban J connectivity index is 3.13. The molecule has 0 fully saturated rings. The molecule has 1 N–H and O–H groups in total. The average Bonchev–Trinajstić information content (AvgIpc) is 2.16. The van der Waals surface area contributed by atoms with E-state index in [2.05, 4.69) is 4.74 Å². The fourth-order valence-electron chi connectivity index (χ4n) is 1.08. The Bertz CT molecular complexity index is 318. The van der Waals surface area contributed by atoms with Crippen molar-refractivity contribution in [3.05, 3.63) is 41.5 Å². The molecule has 69 valence electrons. The molecule has 0 aromatic heterocycles. The van der Waals surface area contributed by atoms with Crippen molar-refractivity contribution in [1.82, 2.24) is 0 Å². The molecule has 0 unspecified atom stereocenters. The SMILES string of the molecule is COC(=O)c1ccc(C)cc1[CH]O. The van der Waals surface area contributed by atoms with Gasteiger partial charge in [-0.1, -0.05) is 17.7 Å². The molecule has 0 spiro atoms. The molecule has 3 heteroatoms. The summed E-state index contributed by atoms with van der Waals surface area (Å²) >= 11 is 0. The quantitative estimate of drug-likeness (QED) is 0.702. The number of aliphatic hydroxyl groups is 1. The number of carbonyl (C=O) groups excluding carboxylic acids is 1. The highest BCUT2D eigenvalue weighted by molar-refractivity contribution is 5.91. The number of esters is 1. The van der Waals surface area contributed by atoms with Crippen LogP contribution in [0.5, 0.6) is 0 Å². The second-order valence-electron chi connectivity index (χ2n) is 2.71. The second kappa shape index (κ2) is 4.05. The fraction of sp³-hybridized carbons (Fsp3) is 0.200. The van der Waals surface area contributed by atoms with Crippen molar-refractivity contribution in [2.24, 2.45) is 0 Å². The van der Waals surface area contributed by atoms with E-state index in [9.17, 15) is 4.79 Å². The molecule has 0 aliphatic carbocycles. The van der Waals surface area contributed by atoms with Crippen LogP contribution in [0.15, 0.2) is 18.2 Å². The van der Waals surface area contributed by atoms with Gasteiger partial charge in [0.25, 0.3) is 0 Å². The Morgan fingerprint density at radius 3 is 2.77 bits per heavy atom. The lowest BCUT2D eigenvalue weighted by molar-refractivity contribution is 0.0599. The molecule has 1 rings (SSSR count). The third-order valence-corrected chi connectivity index (χ3v) is 1.75. The standard InChI is InChI=1S/C10H11O3/c1-7-3-4-9(10(12)13-2)8(5-7)6-11/h3-6,11H,1-2H3. The lowest BCUT2D eigenvalue weighted by Crippen LogP contribution is -2.05. The molecule has 0 saturated carbocycles. The van der Waals surface area contributed by atoms with Crippen LogP contribution >= 0.6 is 0 Å². The molecule has 0 bridgehead atoms. The lowest BCUT2D eigenvalue weighted by atomic mass is 10.1. The summed E-state index contributed by atoms with van der Waals surface area (Å²) in [4.78, 5) is 11.2. The molecule has 0 aliphatic rings. The van der Waals surface area contributed by atoms with Gasteiger partial charge in [-0.25, -0.2) is 4.79 Å². The number of hydrogen-bond donors (Lipinski definition) is 1. The summed E-state index contributed by atoms with van der Waals surface area (Å²) in [5, 5.41) is 8.85. The first kappa shape index (κ1) is 9.74. The minimum absolute atomic E-state index is 0.371. The van der Waals surface area contributed by atoms with Gasteiger partial charge in [-0.3, -0.25) is 0 Å². The maximum atomic E-state index is 11.2. The van der Waals surface area contributed by atoms with E-state index in [1.165, 1.54) is 7.11 Å². The third-order valence-electron chi connectivity index (χ3n) is 1.75. The van der Waals surface area contributed by atoms with E-state index in [0.29, 0.717) is 11.1 Å². The van der Waals surface area contributed by atoms with Crippen LogP contribution in [-0.4, -0.2) is 18.2 Å². The van der Waals surface area contributed by atoms with E-state index in [4.69, 9.17) is 5.11 Å². The monoisotopic (exact) mass is 179 g/mol. The molecule has 0 aliphatic heterocycles. The molecule has 0 saturated heterocycles. The van der Waals surface area contributed by atoms with Gasteiger partial charge in [0.2, 0.25) is 0 Å². The van der Waals surface area contributed by atoms with Crippen LogP contribution in [0, 0.1) is 13.5 Å². The van der Waals surface area contributed by atoms with E-state index >= 15 is 0 Å². The molecule has 1 aromatic carbocycles. The largest absolute Gasteiger partial charge is 0.465 e. The van der Waals surface area contributed by atoms with Crippen molar-refractivity contribution in [2.75, 3.05) is 7.11 Å². The summed E-state index contributed by atoms with van der Waals surface area (Å²) in [5.41, 5.74) is 1.83. The van der Waals surface area contributed by atoms with E-state index in [1.54, 1.807) is 18.2 Å². The Morgan fingerprint density at radius 2 is 2.23 bits per heavy atom. The van der Waals surface area contributed by atoms with E-state index in [-0.39, 0.29) is 0 Å². The normalized spacial score (nSPS) is 9.77. The Morgan fingerprint density at radius 1 is 1.54 bits per heavy atom. The number of methoxy groups -OCH3 is 1. The number of ether oxygens (including phenoxy) is 1. The Kier molecular flexibility index (Phi) is 3.03. The zero-order chi connectivity index (χ0) is 9.84. The number of rotatable bonds is 2. The Labute approximate surface area is 77.0 Å². The van der Waals surface area contributed by atoms with Gasteiger partial charge in [0.1, 0.15) is 6.61 Å². The number of benzene rings is 1. The van der Waals surface area contributed by atoms with E-state index in [1.807, 2.05) is 6.92 Å². The van der Waals surface area contributed by atoms with Gasteiger partial charge in [-0.2, -0.15) is 0 Å². The van der Waals surface area contributed by atoms with Gasteiger partial charge in [-0.15, -0.1) is 0 Å². The van der Waals surface area contributed by atoms with Gasteiger partial charge >= 0.3 is 5.97 Å². The first-order valence-electron chi connectivity index (χ1n) is 3.85. The summed E-state index contributed by atoms with van der Waals surface area (Å²) in [6.07, 6.45) is 0. The highest BCUT2D eigenvalue weighted by atomic mass is 16.5. The molecule has 0 amide bonds. The average molecular weight is 179 g/mol. The van der Waals surface area contributed by atoms with Gasteiger partial charge in [-0.05, 0) is 18.6 Å². The zero-order valence-corrected chi connectivity index (χ0v) is 7.57.